The molecule has 21 heavy (non-hydrogen) atoms. The maximum atomic E-state index is 6.08. The van der Waals surface area contributed by atoms with Gasteiger partial charge in [-0.05, 0) is 36.5 Å². The van der Waals surface area contributed by atoms with Crippen LogP contribution in [0.5, 0.6) is 0 Å². The Kier molecular flexibility index (Phi) is 4.38. The van der Waals surface area contributed by atoms with E-state index in [1.165, 1.54) is 18.5 Å². The largest absolute Gasteiger partial charge is 0.393 e. The molecule has 2 fully saturated rings. The van der Waals surface area contributed by atoms with E-state index in [2.05, 4.69) is 15.9 Å². The van der Waals surface area contributed by atoms with E-state index < -0.39 is 0 Å². The van der Waals surface area contributed by atoms with Crippen molar-refractivity contribution < 1.29 is 0 Å². The first kappa shape index (κ1) is 15.1. The van der Waals surface area contributed by atoms with E-state index >= 15 is 0 Å². The van der Waals surface area contributed by atoms with Crippen LogP contribution in [0, 0.1) is 5.41 Å². The van der Waals surface area contributed by atoms with Crippen molar-refractivity contribution in [3.8, 4) is 0 Å². The molecule has 1 aromatic carbocycles. The highest BCUT2D eigenvalue weighted by molar-refractivity contribution is 7.80. The molecule has 0 spiro atoms. The summed E-state index contributed by atoms with van der Waals surface area (Å²) in [5.74, 6) is 0. The lowest BCUT2D eigenvalue weighted by Gasteiger charge is -2.37. The van der Waals surface area contributed by atoms with E-state index in [9.17, 15) is 0 Å². The number of nitrogens with zero attached hydrogens (tertiary/aromatic N) is 2. The Bertz CT molecular complexity index is 522. The van der Waals surface area contributed by atoms with Crippen molar-refractivity contribution in [3.05, 3.63) is 29.3 Å². The van der Waals surface area contributed by atoms with Crippen LogP contribution in [0.4, 0.5) is 5.69 Å². The monoisotopic (exact) mass is 323 g/mol. The number of hydrogen-bond acceptors (Lipinski definition) is 3. The summed E-state index contributed by atoms with van der Waals surface area (Å²) in [5, 5.41) is 0.809. The third-order valence-electron chi connectivity index (χ3n) is 4.61. The molecular weight excluding hydrogens is 302 g/mol. The normalized spacial score (nSPS) is 21.3. The summed E-state index contributed by atoms with van der Waals surface area (Å²) in [7, 11) is 0. The molecule has 0 atom stereocenters. The highest BCUT2D eigenvalue weighted by Crippen LogP contribution is 2.49. The lowest BCUT2D eigenvalue weighted by molar-refractivity contribution is 0.211. The Balaban J connectivity index is 1.52. The van der Waals surface area contributed by atoms with Gasteiger partial charge >= 0.3 is 0 Å². The molecule has 0 amide bonds. The molecule has 1 aliphatic heterocycles. The van der Waals surface area contributed by atoms with Crippen LogP contribution in [0.1, 0.15) is 19.3 Å². The molecule has 2 N–H and O–H groups in total. The van der Waals surface area contributed by atoms with Crippen LogP contribution < -0.4 is 10.6 Å². The predicted molar refractivity (Wildman–Crippen MR) is 93.2 cm³/mol. The quantitative estimate of drug-likeness (QED) is 0.845. The minimum absolute atomic E-state index is 0.393. The number of piperazine rings is 1. The van der Waals surface area contributed by atoms with Gasteiger partial charge in [-0.2, -0.15) is 0 Å². The van der Waals surface area contributed by atoms with Crippen LogP contribution in [0.3, 0.4) is 0 Å². The van der Waals surface area contributed by atoms with Crippen LogP contribution >= 0.6 is 23.8 Å². The van der Waals surface area contributed by atoms with Gasteiger partial charge in [-0.15, -0.1) is 0 Å². The van der Waals surface area contributed by atoms with E-state index in [1.54, 1.807) is 0 Å². The number of anilines is 1. The van der Waals surface area contributed by atoms with Gasteiger partial charge in [0, 0.05) is 49.9 Å². The third-order valence-corrected chi connectivity index (χ3v) is 4.99. The number of thiocarbonyl (C=S) groups is 1. The summed E-state index contributed by atoms with van der Waals surface area (Å²) >= 11 is 11.2. The number of benzene rings is 1. The minimum Gasteiger partial charge on any atom is -0.393 e. The molecule has 3 rings (SSSR count). The van der Waals surface area contributed by atoms with Gasteiger partial charge in [0.2, 0.25) is 0 Å². The van der Waals surface area contributed by atoms with Crippen molar-refractivity contribution in [2.75, 3.05) is 37.6 Å². The van der Waals surface area contributed by atoms with Gasteiger partial charge in [0.25, 0.3) is 0 Å². The second kappa shape index (κ2) is 6.11. The third kappa shape index (κ3) is 3.87. The van der Waals surface area contributed by atoms with E-state index in [-0.39, 0.29) is 0 Å². The first-order valence-corrected chi connectivity index (χ1v) is 8.36. The fraction of sp³-hybridized carbons (Fsp3) is 0.562. The van der Waals surface area contributed by atoms with Gasteiger partial charge in [-0.3, -0.25) is 4.90 Å². The Morgan fingerprint density at radius 1 is 1.24 bits per heavy atom. The standard InChI is InChI=1S/C16H22ClN3S/c17-13-2-1-3-14(10-13)20-8-6-19(7-9-20)12-16(4-5-16)11-15(18)21/h1-3,10H,4-9,11-12H2,(H2,18,21). The van der Waals surface area contributed by atoms with E-state index in [1.807, 2.05) is 18.2 Å². The van der Waals surface area contributed by atoms with Crippen LogP contribution in [0.15, 0.2) is 24.3 Å². The van der Waals surface area contributed by atoms with E-state index in [0.717, 1.165) is 44.2 Å². The summed E-state index contributed by atoms with van der Waals surface area (Å²) in [5.41, 5.74) is 7.35. The van der Waals surface area contributed by atoms with Crippen LogP contribution in [-0.2, 0) is 0 Å². The summed E-state index contributed by atoms with van der Waals surface area (Å²) in [6.45, 7) is 5.47. The maximum absolute atomic E-state index is 6.08. The van der Waals surface area contributed by atoms with Gasteiger partial charge in [0.05, 0.1) is 4.99 Å². The van der Waals surface area contributed by atoms with Crippen molar-refractivity contribution in [2.24, 2.45) is 11.1 Å². The Hall–Kier alpha value is -0.840. The molecule has 1 heterocycles. The van der Waals surface area contributed by atoms with Crippen molar-refractivity contribution in [3.63, 3.8) is 0 Å². The molecule has 1 saturated heterocycles. The fourth-order valence-corrected chi connectivity index (χ4v) is 3.74. The lowest BCUT2D eigenvalue weighted by Crippen LogP contribution is -2.48. The summed E-state index contributed by atoms with van der Waals surface area (Å²) < 4.78 is 0. The van der Waals surface area contributed by atoms with Gasteiger partial charge in [0.1, 0.15) is 0 Å². The second-order valence-corrected chi connectivity index (χ2v) is 7.35. The number of hydrogen-bond donors (Lipinski definition) is 1. The maximum Gasteiger partial charge on any atom is 0.0733 e. The number of nitrogens with two attached hydrogens (primary N) is 1. The van der Waals surface area contributed by atoms with Crippen molar-refractivity contribution in [1.82, 2.24) is 4.90 Å². The van der Waals surface area contributed by atoms with Crippen molar-refractivity contribution in [2.45, 2.75) is 19.3 Å². The number of rotatable bonds is 5. The minimum atomic E-state index is 0.393. The van der Waals surface area contributed by atoms with Gasteiger partial charge in [-0.1, -0.05) is 29.9 Å². The molecule has 0 unspecified atom stereocenters. The molecule has 1 saturated carbocycles. The molecule has 2 aliphatic rings. The van der Waals surface area contributed by atoms with E-state index in [4.69, 9.17) is 29.6 Å². The molecule has 1 aromatic rings. The highest BCUT2D eigenvalue weighted by atomic mass is 35.5. The Labute approximate surface area is 137 Å². The van der Waals surface area contributed by atoms with Crippen molar-refractivity contribution in [1.29, 1.82) is 0 Å². The molecule has 114 valence electrons. The summed E-state index contributed by atoms with van der Waals surface area (Å²) in [6.07, 6.45) is 3.47. The summed E-state index contributed by atoms with van der Waals surface area (Å²) in [6, 6.07) is 8.13. The predicted octanol–water partition coefficient (Wildman–Crippen LogP) is 2.92. The van der Waals surface area contributed by atoms with Crippen LogP contribution in [-0.4, -0.2) is 42.6 Å². The average Bonchev–Trinajstić information content (AvgIpc) is 3.18. The Morgan fingerprint density at radius 2 is 1.95 bits per heavy atom. The van der Waals surface area contributed by atoms with Gasteiger partial charge in [-0.25, -0.2) is 0 Å². The van der Waals surface area contributed by atoms with Crippen molar-refractivity contribution >= 4 is 34.5 Å². The lowest BCUT2D eigenvalue weighted by atomic mass is 10.0. The Morgan fingerprint density at radius 3 is 2.52 bits per heavy atom. The molecule has 0 aromatic heterocycles. The highest BCUT2D eigenvalue weighted by Gasteiger charge is 2.44. The second-order valence-electron chi connectivity index (χ2n) is 6.39. The zero-order chi connectivity index (χ0) is 14.9. The molecule has 5 heteroatoms. The first-order chi connectivity index (χ1) is 10.1. The molecule has 0 bridgehead atoms. The molecule has 1 aliphatic carbocycles. The first-order valence-electron chi connectivity index (χ1n) is 7.58. The van der Waals surface area contributed by atoms with Gasteiger partial charge in [0.15, 0.2) is 0 Å². The fourth-order valence-electron chi connectivity index (χ4n) is 3.25. The zero-order valence-corrected chi connectivity index (χ0v) is 13.8. The average molecular weight is 324 g/mol. The molecular formula is C16H22ClN3S. The smallest absolute Gasteiger partial charge is 0.0733 e. The van der Waals surface area contributed by atoms with Crippen LogP contribution in [0.25, 0.3) is 0 Å². The zero-order valence-electron chi connectivity index (χ0n) is 12.2. The SMILES string of the molecule is NC(=S)CC1(CN2CCN(c3cccc(Cl)c3)CC2)CC1. The van der Waals surface area contributed by atoms with Gasteiger partial charge < -0.3 is 10.6 Å². The topological polar surface area (TPSA) is 32.5 Å². The van der Waals surface area contributed by atoms with E-state index in [0.29, 0.717) is 10.4 Å². The van der Waals surface area contributed by atoms with Crippen LogP contribution in [0.2, 0.25) is 5.02 Å². The summed E-state index contributed by atoms with van der Waals surface area (Å²) in [4.78, 5) is 5.65. The number of halogens is 1. The molecule has 3 nitrogen and oxygen atoms in total. The molecule has 0 radical (unpaired) electrons.